The minimum atomic E-state index is -1.08. The molecule has 5 heteroatoms. The molecule has 0 aliphatic heterocycles. The molecule has 0 radical (unpaired) electrons. The number of benzene rings is 2. The lowest BCUT2D eigenvalue weighted by molar-refractivity contribution is 0.0698. The standard InChI is InChI=1S/C16H14BrNO3/c1-9-3-4-10(2)13(7-9)15(19)18-14-8-11(17)5-6-12(14)16(20)21/h3-8H,1-2H3,(H,18,19)(H,20,21). The van der Waals surface area contributed by atoms with E-state index in [1.54, 1.807) is 18.2 Å². The number of aromatic carboxylic acids is 1. The maximum absolute atomic E-state index is 12.4. The van der Waals surface area contributed by atoms with Crippen LogP contribution in [0.5, 0.6) is 0 Å². The molecule has 0 atom stereocenters. The van der Waals surface area contributed by atoms with Gasteiger partial charge in [0, 0.05) is 10.0 Å². The van der Waals surface area contributed by atoms with Gasteiger partial charge in [-0.15, -0.1) is 0 Å². The van der Waals surface area contributed by atoms with Gasteiger partial charge in [-0.05, 0) is 43.7 Å². The molecule has 0 bridgehead atoms. The van der Waals surface area contributed by atoms with Crippen molar-refractivity contribution in [1.29, 1.82) is 0 Å². The second-order valence-corrected chi connectivity index (χ2v) is 5.68. The number of carboxylic acid groups (broad SMARTS) is 1. The van der Waals surface area contributed by atoms with Gasteiger partial charge in [0.25, 0.3) is 5.91 Å². The van der Waals surface area contributed by atoms with Gasteiger partial charge in [0.2, 0.25) is 0 Å². The molecule has 1 amide bonds. The number of anilines is 1. The fourth-order valence-corrected chi connectivity index (χ4v) is 2.34. The number of aryl methyl sites for hydroxylation is 2. The molecule has 108 valence electrons. The first-order valence-electron chi connectivity index (χ1n) is 6.30. The van der Waals surface area contributed by atoms with Crippen LogP contribution in [-0.2, 0) is 0 Å². The highest BCUT2D eigenvalue weighted by atomic mass is 79.9. The van der Waals surface area contributed by atoms with Crippen LogP contribution >= 0.6 is 15.9 Å². The number of hydrogen-bond donors (Lipinski definition) is 2. The van der Waals surface area contributed by atoms with Gasteiger partial charge in [-0.2, -0.15) is 0 Å². The van der Waals surface area contributed by atoms with E-state index < -0.39 is 5.97 Å². The highest BCUT2D eigenvalue weighted by Gasteiger charge is 2.15. The van der Waals surface area contributed by atoms with E-state index in [1.807, 2.05) is 26.0 Å². The van der Waals surface area contributed by atoms with Crippen molar-refractivity contribution in [3.05, 3.63) is 63.1 Å². The van der Waals surface area contributed by atoms with Crippen molar-refractivity contribution in [3.63, 3.8) is 0 Å². The summed E-state index contributed by atoms with van der Waals surface area (Å²) in [6.45, 7) is 3.74. The van der Waals surface area contributed by atoms with Crippen molar-refractivity contribution >= 4 is 33.5 Å². The first kappa shape index (κ1) is 15.3. The van der Waals surface area contributed by atoms with E-state index in [-0.39, 0.29) is 17.2 Å². The Balaban J connectivity index is 2.38. The summed E-state index contributed by atoms with van der Waals surface area (Å²) in [6.07, 6.45) is 0. The molecule has 0 spiro atoms. The van der Waals surface area contributed by atoms with Crippen LogP contribution in [0, 0.1) is 13.8 Å². The smallest absolute Gasteiger partial charge is 0.337 e. The molecule has 4 nitrogen and oxygen atoms in total. The minimum absolute atomic E-state index is 0.0526. The van der Waals surface area contributed by atoms with Gasteiger partial charge in [-0.25, -0.2) is 4.79 Å². The van der Waals surface area contributed by atoms with Gasteiger partial charge in [-0.3, -0.25) is 4.79 Å². The van der Waals surface area contributed by atoms with Crippen LogP contribution in [0.4, 0.5) is 5.69 Å². The first-order valence-corrected chi connectivity index (χ1v) is 7.09. The van der Waals surface area contributed by atoms with Crippen LogP contribution in [0.1, 0.15) is 31.8 Å². The molecule has 0 saturated carbocycles. The molecule has 2 aromatic rings. The summed E-state index contributed by atoms with van der Waals surface area (Å²) in [5.41, 5.74) is 2.66. The van der Waals surface area contributed by atoms with Gasteiger partial charge in [0.05, 0.1) is 11.3 Å². The number of carbonyl (C=O) groups is 2. The zero-order chi connectivity index (χ0) is 15.6. The van der Waals surface area contributed by atoms with Crippen LogP contribution in [0.2, 0.25) is 0 Å². The highest BCUT2D eigenvalue weighted by Crippen LogP contribution is 2.23. The quantitative estimate of drug-likeness (QED) is 0.881. The number of rotatable bonds is 3. The summed E-state index contributed by atoms with van der Waals surface area (Å²) in [4.78, 5) is 23.6. The Hall–Kier alpha value is -2.14. The normalized spacial score (nSPS) is 10.2. The van der Waals surface area contributed by atoms with E-state index >= 15 is 0 Å². The molecule has 0 saturated heterocycles. The molecule has 0 heterocycles. The van der Waals surface area contributed by atoms with Crippen molar-refractivity contribution < 1.29 is 14.7 Å². The molecule has 0 unspecified atom stereocenters. The second-order valence-electron chi connectivity index (χ2n) is 4.77. The van der Waals surface area contributed by atoms with Crippen molar-refractivity contribution in [2.75, 3.05) is 5.32 Å². The molecule has 0 aliphatic rings. The lowest BCUT2D eigenvalue weighted by Gasteiger charge is -2.11. The van der Waals surface area contributed by atoms with Crippen LogP contribution < -0.4 is 5.32 Å². The Morgan fingerprint density at radius 1 is 1.05 bits per heavy atom. The third-order valence-electron chi connectivity index (χ3n) is 3.10. The SMILES string of the molecule is Cc1ccc(C)c(C(=O)Nc2cc(Br)ccc2C(=O)O)c1. The number of hydrogen-bond acceptors (Lipinski definition) is 2. The maximum Gasteiger partial charge on any atom is 0.337 e. The number of carbonyl (C=O) groups excluding carboxylic acids is 1. The van der Waals surface area contributed by atoms with Crippen LogP contribution in [0.25, 0.3) is 0 Å². The number of carboxylic acids is 1. The average molecular weight is 348 g/mol. The lowest BCUT2D eigenvalue weighted by Crippen LogP contribution is -2.16. The predicted octanol–water partition coefficient (Wildman–Crippen LogP) is 4.02. The monoisotopic (exact) mass is 347 g/mol. The van der Waals surface area contributed by atoms with Crippen LogP contribution in [0.3, 0.4) is 0 Å². The third kappa shape index (κ3) is 3.49. The summed E-state index contributed by atoms with van der Waals surface area (Å²) in [6, 6.07) is 10.2. The molecule has 21 heavy (non-hydrogen) atoms. The van der Waals surface area contributed by atoms with Gasteiger partial charge >= 0.3 is 5.97 Å². The van der Waals surface area contributed by atoms with E-state index in [0.717, 1.165) is 11.1 Å². The van der Waals surface area contributed by atoms with Crippen molar-refractivity contribution in [1.82, 2.24) is 0 Å². The molecule has 0 fully saturated rings. The summed E-state index contributed by atoms with van der Waals surface area (Å²) < 4.78 is 0.698. The largest absolute Gasteiger partial charge is 0.478 e. The predicted molar refractivity (Wildman–Crippen MR) is 85.0 cm³/mol. The number of halogens is 1. The molecular weight excluding hydrogens is 334 g/mol. The third-order valence-corrected chi connectivity index (χ3v) is 3.59. The summed E-state index contributed by atoms with van der Waals surface area (Å²) >= 11 is 3.27. The van der Waals surface area contributed by atoms with Crippen molar-refractivity contribution in [2.45, 2.75) is 13.8 Å². The van der Waals surface area contributed by atoms with Crippen LogP contribution in [0.15, 0.2) is 40.9 Å². The van der Waals surface area contributed by atoms with E-state index in [1.165, 1.54) is 6.07 Å². The average Bonchev–Trinajstić information content (AvgIpc) is 2.41. The number of nitrogens with one attached hydrogen (secondary N) is 1. The second kappa shape index (κ2) is 6.10. The molecule has 2 aromatic carbocycles. The van der Waals surface area contributed by atoms with E-state index in [9.17, 15) is 14.7 Å². The van der Waals surface area contributed by atoms with Crippen molar-refractivity contribution in [3.8, 4) is 0 Å². The zero-order valence-electron chi connectivity index (χ0n) is 11.6. The van der Waals surface area contributed by atoms with Crippen molar-refractivity contribution in [2.24, 2.45) is 0 Å². The van der Waals surface area contributed by atoms with Gasteiger partial charge < -0.3 is 10.4 Å². The van der Waals surface area contributed by atoms with Crippen LogP contribution in [-0.4, -0.2) is 17.0 Å². The van der Waals surface area contributed by atoms with Gasteiger partial charge in [0.1, 0.15) is 0 Å². The molecule has 2 N–H and O–H groups in total. The fourth-order valence-electron chi connectivity index (χ4n) is 1.98. The van der Waals surface area contributed by atoms with Gasteiger partial charge in [0.15, 0.2) is 0 Å². The van der Waals surface area contributed by atoms with E-state index in [0.29, 0.717) is 10.0 Å². The summed E-state index contributed by atoms with van der Waals surface area (Å²) in [7, 11) is 0. The maximum atomic E-state index is 12.4. The number of amides is 1. The fraction of sp³-hybridized carbons (Fsp3) is 0.125. The Bertz CT molecular complexity index is 725. The Kier molecular flexibility index (Phi) is 4.43. The molecule has 2 rings (SSSR count). The summed E-state index contributed by atoms with van der Waals surface area (Å²) in [5.74, 6) is -1.41. The van der Waals surface area contributed by atoms with E-state index in [4.69, 9.17) is 0 Å². The lowest BCUT2D eigenvalue weighted by atomic mass is 10.0. The van der Waals surface area contributed by atoms with E-state index in [2.05, 4.69) is 21.2 Å². The Morgan fingerprint density at radius 2 is 1.76 bits per heavy atom. The molecule has 0 aliphatic carbocycles. The molecule has 0 aromatic heterocycles. The van der Waals surface area contributed by atoms with Gasteiger partial charge in [-0.1, -0.05) is 33.6 Å². The molecular formula is C16H14BrNO3. The first-order chi connectivity index (χ1) is 9.88. The minimum Gasteiger partial charge on any atom is -0.478 e. The highest BCUT2D eigenvalue weighted by molar-refractivity contribution is 9.10. The zero-order valence-corrected chi connectivity index (χ0v) is 13.2. The Labute approximate surface area is 130 Å². The summed E-state index contributed by atoms with van der Waals surface area (Å²) in [5, 5.41) is 11.8. The topological polar surface area (TPSA) is 66.4 Å². The Morgan fingerprint density at radius 3 is 2.43 bits per heavy atom.